The van der Waals surface area contributed by atoms with Gasteiger partial charge in [0.1, 0.15) is 17.4 Å². The van der Waals surface area contributed by atoms with Crippen LogP contribution >= 0.6 is 0 Å². The molecule has 4 rings (SSSR count). The lowest BCUT2D eigenvalue weighted by molar-refractivity contribution is 0.438. The van der Waals surface area contributed by atoms with E-state index in [0.29, 0.717) is 12.1 Å². The first-order valence-electron chi connectivity index (χ1n) is 9.27. The fourth-order valence-corrected chi connectivity index (χ4v) is 4.41. The molecule has 0 aromatic heterocycles. The molecule has 4 N–H and O–H groups in total. The average Bonchev–Trinajstić information content (AvgIpc) is 3.24. The van der Waals surface area contributed by atoms with Crippen molar-refractivity contribution in [2.24, 2.45) is 5.14 Å². The molecule has 0 spiro atoms. The van der Waals surface area contributed by atoms with Crippen molar-refractivity contribution < 1.29 is 22.3 Å². The predicted molar refractivity (Wildman–Crippen MR) is 102 cm³/mol. The van der Waals surface area contributed by atoms with Gasteiger partial charge in [0.2, 0.25) is 10.0 Å². The third-order valence-corrected chi connectivity index (χ3v) is 6.05. The third kappa shape index (κ3) is 5.27. The van der Waals surface area contributed by atoms with Crippen LogP contribution in [0.2, 0.25) is 0 Å². The normalized spacial score (nSPS) is 19.2. The molecule has 1 saturated carbocycles. The molecule has 2 aliphatic rings. The summed E-state index contributed by atoms with van der Waals surface area (Å²) in [5.74, 6) is -0.824. The van der Waals surface area contributed by atoms with E-state index in [1.165, 1.54) is 43.9 Å². The second-order valence-electron chi connectivity index (χ2n) is 7.32. The van der Waals surface area contributed by atoms with E-state index >= 15 is 0 Å². The van der Waals surface area contributed by atoms with Crippen molar-refractivity contribution >= 4 is 10.0 Å². The van der Waals surface area contributed by atoms with E-state index in [1.54, 1.807) is 6.07 Å². The number of halogens is 2. The Hall–Kier alpha value is -2.03. The summed E-state index contributed by atoms with van der Waals surface area (Å²) in [5, 5.41) is 17.7. The highest BCUT2D eigenvalue weighted by molar-refractivity contribution is 7.89. The molecule has 0 aliphatic heterocycles. The van der Waals surface area contributed by atoms with E-state index in [0.717, 1.165) is 36.1 Å². The van der Waals surface area contributed by atoms with Gasteiger partial charge < -0.3 is 10.4 Å². The minimum Gasteiger partial charge on any atom is -0.508 e. The van der Waals surface area contributed by atoms with Crippen LogP contribution in [0, 0.1) is 11.6 Å². The Labute approximate surface area is 163 Å². The molecule has 1 unspecified atom stereocenters. The Kier molecular flexibility index (Phi) is 6.32. The molecule has 8 heteroatoms. The summed E-state index contributed by atoms with van der Waals surface area (Å²) in [6.07, 6.45) is 6.73. The maximum atomic E-state index is 13.7. The zero-order chi connectivity index (χ0) is 20.3. The van der Waals surface area contributed by atoms with Crippen LogP contribution in [0.3, 0.4) is 0 Å². The molecular formula is C20H24F2N2O3S. The second-order valence-corrected chi connectivity index (χ2v) is 8.88. The quantitative estimate of drug-likeness (QED) is 0.725. The number of benzene rings is 2. The van der Waals surface area contributed by atoms with Gasteiger partial charge in [0, 0.05) is 18.2 Å². The number of aromatic hydroxyl groups is 1. The van der Waals surface area contributed by atoms with Gasteiger partial charge >= 0.3 is 0 Å². The largest absolute Gasteiger partial charge is 0.508 e. The second kappa shape index (κ2) is 8.55. The SMILES string of the molecule is NS(=O)(=O)c1cccc(F)c1.Oc1cc(F)c2c(c1)CC(NC1CCCC1)C2. The molecule has 0 amide bonds. The van der Waals surface area contributed by atoms with Crippen molar-refractivity contribution in [3.63, 3.8) is 0 Å². The topological polar surface area (TPSA) is 92.4 Å². The summed E-state index contributed by atoms with van der Waals surface area (Å²) in [4.78, 5) is -0.211. The zero-order valence-corrected chi connectivity index (χ0v) is 16.2. The number of primary sulfonamides is 1. The Morgan fingerprint density at radius 3 is 2.36 bits per heavy atom. The minimum atomic E-state index is -3.77. The fraction of sp³-hybridized carbons (Fsp3) is 0.400. The molecule has 1 fully saturated rings. The molecule has 2 aromatic rings. The van der Waals surface area contributed by atoms with Crippen LogP contribution in [0.15, 0.2) is 41.3 Å². The first-order chi connectivity index (χ1) is 13.2. The number of rotatable bonds is 3. The van der Waals surface area contributed by atoms with Gasteiger partial charge in [-0.2, -0.15) is 0 Å². The van der Waals surface area contributed by atoms with Gasteiger partial charge in [-0.05, 0) is 61.1 Å². The van der Waals surface area contributed by atoms with Crippen LogP contribution in [0.4, 0.5) is 8.78 Å². The zero-order valence-electron chi connectivity index (χ0n) is 15.4. The van der Waals surface area contributed by atoms with E-state index in [2.05, 4.69) is 5.32 Å². The molecule has 152 valence electrons. The fourth-order valence-electron chi connectivity index (χ4n) is 3.86. The van der Waals surface area contributed by atoms with Gasteiger partial charge in [-0.15, -0.1) is 0 Å². The van der Waals surface area contributed by atoms with Crippen molar-refractivity contribution in [2.75, 3.05) is 0 Å². The molecule has 0 heterocycles. The van der Waals surface area contributed by atoms with E-state index < -0.39 is 15.8 Å². The van der Waals surface area contributed by atoms with Crippen LogP contribution in [-0.4, -0.2) is 25.6 Å². The molecule has 5 nitrogen and oxygen atoms in total. The van der Waals surface area contributed by atoms with Crippen molar-refractivity contribution in [1.29, 1.82) is 0 Å². The van der Waals surface area contributed by atoms with Gasteiger partial charge in [0.05, 0.1) is 4.90 Å². The first-order valence-corrected chi connectivity index (χ1v) is 10.8. The average molecular weight is 410 g/mol. The van der Waals surface area contributed by atoms with Crippen LogP contribution in [-0.2, 0) is 22.9 Å². The molecule has 0 saturated heterocycles. The smallest absolute Gasteiger partial charge is 0.238 e. The molecular weight excluding hydrogens is 386 g/mol. The van der Waals surface area contributed by atoms with E-state index in [1.807, 2.05) is 0 Å². The molecule has 2 aliphatic carbocycles. The van der Waals surface area contributed by atoms with Crippen molar-refractivity contribution in [1.82, 2.24) is 5.32 Å². The summed E-state index contributed by atoms with van der Waals surface area (Å²) in [6, 6.07) is 8.43. The van der Waals surface area contributed by atoms with E-state index in [9.17, 15) is 22.3 Å². The summed E-state index contributed by atoms with van der Waals surface area (Å²) in [7, 11) is -3.77. The number of sulfonamides is 1. The maximum absolute atomic E-state index is 13.7. The highest BCUT2D eigenvalue weighted by Gasteiger charge is 2.27. The number of hydrogen-bond donors (Lipinski definition) is 3. The molecule has 28 heavy (non-hydrogen) atoms. The van der Waals surface area contributed by atoms with Crippen LogP contribution in [0.25, 0.3) is 0 Å². The molecule has 0 bridgehead atoms. The standard InChI is InChI=1S/C14H18FNO.C6H6FNO2S/c15-14-8-12(17)6-9-5-11(7-13(9)14)16-10-3-1-2-4-10;7-5-2-1-3-6(4-5)11(8,9)10/h6,8,10-11,16-17H,1-5,7H2;1-4H,(H2,8,9,10). The van der Waals surface area contributed by atoms with Crippen molar-refractivity contribution in [3.8, 4) is 5.75 Å². The Morgan fingerprint density at radius 2 is 1.75 bits per heavy atom. The van der Waals surface area contributed by atoms with Crippen molar-refractivity contribution in [3.05, 3.63) is 59.2 Å². The third-order valence-electron chi connectivity index (χ3n) is 5.14. The highest BCUT2D eigenvalue weighted by Crippen LogP contribution is 2.30. The van der Waals surface area contributed by atoms with Gasteiger partial charge in [0.25, 0.3) is 0 Å². The summed E-state index contributed by atoms with van der Waals surface area (Å²) < 4.78 is 47.2. The van der Waals surface area contributed by atoms with Gasteiger partial charge in [-0.25, -0.2) is 22.3 Å². The van der Waals surface area contributed by atoms with Gasteiger partial charge in [-0.1, -0.05) is 18.9 Å². The van der Waals surface area contributed by atoms with E-state index in [4.69, 9.17) is 5.14 Å². The number of nitrogens with one attached hydrogen (secondary N) is 1. The minimum absolute atomic E-state index is 0.0442. The van der Waals surface area contributed by atoms with Crippen LogP contribution in [0.5, 0.6) is 5.75 Å². The summed E-state index contributed by atoms with van der Waals surface area (Å²) >= 11 is 0. The molecule has 0 radical (unpaired) electrons. The number of phenolic OH excluding ortho intramolecular Hbond substituents is 1. The monoisotopic (exact) mass is 410 g/mol. The maximum Gasteiger partial charge on any atom is 0.238 e. The lowest BCUT2D eigenvalue weighted by atomic mass is 10.1. The number of hydrogen-bond acceptors (Lipinski definition) is 4. The first kappa shape index (κ1) is 20.7. The highest BCUT2D eigenvalue weighted by atomic mass is 32.2. The molecule has 1 atom stereocenters. The Bertz CT molecular complexity index is 944. The number of phenols is 1. The van der Waals surface area contributed by atoms with Crippen LogP contribution in [0.1, 0.15) is 36.8 Å². The van der Waals surface area contributed by atoms with Gasteiger partial charge in [0.15, 0.2) is 0 Å². The van der Waals surface area contributed by atoms with Crippen molar-refractivity contribution in [2.45, 2.75) is 55.5 Å². The predicted octanol–water partition coefficient (Wildman–Crippen LogP) is 3.00. The number of fused-ring (bicyclic) bond motifs is 1. The summed E-state index contributed by atoms with van der Waals surface area (Å²) in [5.41, 5.74) is 1.76. The number of nitrogens with two attached hydrogens (primary N) is 1. The van der Waals surface area contributed by atoms with Gasteiger partial charge in [-0.3, -0.25) is 0 Å². The lowest BCUT2D eigenvalue weighted by Crippen LogP contribution is -2.37. The van der Waals surface area contributed by atoms with Crippen LogP contribution < -0.4 is 10.5 Å². The lowest BCUT2D eigenvalue weighted by Gasteiger charge is -2.17. The van der Waals surface area contributed by atoms with E-state index in [-0.39, 0.29) is 16.5 Å². The summed E-state index contributed by atoms with van der Waals surface area (Å²) in [6.45, 7) is 0. The molecule has 2 aromatic carbocycles. The Balaban J connectivity index is 0.000000178. The Morgan fingerprint density at radius 1 is 1.04 bits per heavy atom.